The van der Waals surface area contributed by atoms with Gasteiger partial charge in [-0.25, -0.2) is 0 Å². The van der Waals surface area contributed by atoms with Gasteiger partial charge in [-0.1, -0.05) is 54.6 Å². The van der Waals surface area contributed by atoms with Gasteiger partial charge < -0.3 is 10.6 Å². The van der Waals surface area contributed by atoms with Crippen LogP contribution < -0.4 is 5.73 Å². The van der Waals surface area contributed by atoms with Crippen LogP contribution in [0.15, 0.2) is 67.0 Å². The number of aromatic amines is 1. The first-order chi connectivity index (χ1) is 12.1. The van der Waals surface area contributed by atoms with Crippen molar-refractivity contribution in [1.29, 1.82) is 5.41 Å². The molecule has 0 saturated heterocycles. The molecular formula is C19H19N5O. The lowest BCUT2D eigenvalue weighted by atomic mass is 10.1. The highest BCUT2D eigenvalue weighted by Crippen LogP contribution is 2.14. The zero-order valence-corrected chi connectivity index (χ0v) is 13.6. The van der Waals surface area contributed by atoms with Gasteiger partial charge in [0.1, 0.15) is 5.84 Å². The van der Waals surface area contributed by atoms with Gasteiger partial charge in [-0.15, -0.1) is 0 Å². The summed E-state index contributed by atoms with van der Waals surface area (Å²) in [6, 6.07) is 17.2. The molecule has 1 amide bonds. The fourth-order valence-corrected chi connectivity index (χ4v) is 2.56. The van der Waals surface area contributed by atoms with Crippen molar-refractivity contribution in [3.8, 4) is 0 Å². The molecule has 0 aliphatic rings. The summed E-state index contributed by atoms with van der Waals surface area (Å²) in [5.74, 6) is -0.0598. The minimum absolute atomic E-state index is 0.0298. The summed E-state index contributed by atoms with van der Waals surface area (Å²) in [6.45, 7) is 0.955. The lowest BCUT2D eigenvalue weighted by Crippen LogP contribution is -2.30. The highest BCUT2D eigenvalue weighted by Gasteiger charge is 2.17. The Morgan fingerprint density at radius 3 is 2.20 bits per heavy atom. The molecule has 0 radical (unpaired) electrons. The number of nitrogens with one attached hydrogen (secondary N) is 2. The standard InChI is InChI=1S/C19H19N5O/c20-18(21)16-8-6-15(7-9-16)13-24(12-14-4-2-1-3-5-14)19(25)17-10-22-23-11-17/h1-11H,12-13H2,(H3,20,21)(H,22,23). The van der Waals surface area contributed by atoms with Crippen molar-refractivity contribution in [2.24, 2.45) is 5.73 Å². The van der Waals surface area contributed by atoms with Crippen LogP contribution in [0.4, 0.5) is 0 Å². The quantitative estimate of drug-likeness (QED) is 0.477. The number of nitrogens with zero attached hydrogens (tertiary/aromatic N) is 2. The Hall–Kier alpha value is -3.41. The van der Waals surface area contributed by atoms with Crippen LogP contribution in [0, 0.1) is 5.41 Å². The third-order valence-electron chi connectivity index (χ3n) is 3.89. The van der Waals surface area contributed by atoms with Gasteiger partial charge in [0.2, 0.25) is 0 Å². The van der Waals surface area contributed by atoms with Crippen LogP contribution in [0.2, 0.25) is 0 Å². The van der Waals surface area contributed by atoms with Gasteiger partial charge in [-0.2, -0.15) is 5.10 Å². The van der Waals surface area contributed by atoms with Crippen molar-refractivity contribution in [3.63, 3.8) is 0 Å². The zero-order chi connectivity index (χ0) is 17.6. The summed E-state index contributed by atoms with van der Waals surface area (Å²) in [6.07, 6.45) is 3.12. The zero-order valence-electron chi connectivity index (χ0n) is 13.6. The van der Waals surface area contributed by atoms with Crippen LogP contribution in [0.25, 0.3) is 0 Å². The lowest BCUT2D eigenvalue weighted by Gasteiger charge is -2.22. The average Bonchev–Trinajstić information content (AvgIpc) is 3.16. The molecule has 0 atom stereocenters. The molecule has 0 aliphatic heterocycles. The number of amides is 1. The summed E-state index contributed by atoms with van der Waals surface area (Å²) in [5, 5.41) is 14.0. The SMILES string of the molecule is N=C(N)c1ccc(CN(Cc2ccccc2)C(=O)c2cn[nH]c2)cc1. The van der Waals surface area contributed by atoms with Crippen LogP contribution in [-0.2, 0) is 13.1 Å². The van der Waals surface area contributed by atoms with Crippen molar-refractivity contribution < 1.29 is 4.79 Å². The van der Waals surface area contributed by atoms with E-state index in [1.165, 1.54) is 6.20 Å². The van der Waals surface area contributed by atoms with Crippen molar-refractivity contribution in [2.45, 2.75) is 13.1 Å². The van der Waals surface area contributed by atoms with E-state index in [-0.39, 0.29) is 11.7 Å². The van der Waals surface area contributed by atoms with Crippen LogP contribution in [0.1, 0.15) is 27.0 Å². The molecule has 126 valence electrons. The smallest absolute Gasteiger partial charge is 0.257 e. The van der Waals surface area contributed by atoms with Gasteiger partial charge in [0.15, 0.2) is 0 Å². The van der Waals surface area contributed by atoms with Crippen LogP contribution in [0.5, 0.6) is 0 Å². The van der Waals surface area contributed by atoms with E-state index < -0.39 is 0 Å². The maximum absolute atomic E-state index is 12.8. The maximum Gasteiger partial charge on any atom is 0.257 e. The highest BCUT2D eigenvalue weighted by molar-refractivity contribution is 5.95. The van der Waals surface area contributed by atoms with Crippen LogP contribution >= 0.6 is 0 Å². The van der Waals surface area contributed by atoms with E-state index in [9.17, 15) is 4.79 Å². The third kappa shape index (κ3) is 4.11. The molecule has 6 nitrogen and oxygen atoms in total. The Morgan fingerprint density at radius 2 is 1.64 bits per heavy atom. The molecule has 25 heavy (non-hydrogen) atoms. The molecule has 0 aliphatic carbocycles. The van der Waals surface area contributed by atoms with Gasteiger partial charge in [0.05, 0.1) is 11.8 Å². The number of rotatable bonds is 6. The maximum atomic E-state index is 12.8. The first-order valence-electron chi connectivity index (χ1n) is 7.89. The highest BCUT2D eigenvalue weighted by atomic mass is 16.2. The summed E-state index contributed by atoms with van der Waals surface area (Å²) >= 11 is 0. The number of benzene rings is 2. The molecule has 0 unspecified atom stereocenters. The number of nitrogen functional groups attached to an aromatic ring is 1. The monoisotopic (exact) mass is 333 g/mol. The summed E-state index contributed by atoms with van der Waals surface area (Å²) in [7, 11) is 0. The Balaban J connectivity index is 1.82. The van der Waals surface area contributed by atoms with Crippen molar-refractivity contribution in [3.05, 3.63) is 89.2 Å². The third-order valence-corrected chi connectivity index (χ3v) is 3.89. The summed E-state index contributed by atoms with van der Waals surface area (Å²) in [5.41, 5.74) is 8.70. The number of H-pyrrole nitrogens is 1. The second kappa shape index (κ2) is 7.44. The minimum atomic E-state index is -0.0896. The van der Waals surface area contributed by atoms with Gasteiger partial charge >= 0.3 is 0 Å². The molecule has 4 N–H and O–H groups in total. The molecule has 0 fully saturated rings. The Morgan fingerprint density at radius 1 is 1.00 bits per heavy atom. The number of amidine groups is 1. The Labute approximate surface area is 145 Å². The number of nitrogens with two attached hydrogens (primary N) is 1. The molecule has 0 saturated carbocycles. The van der Waals surface area contributed by atoms with Crippen LogP contribution in [0.3, 0.4) is 0 Å². The Kier molecular flexibility index (Phi) is 4.89. The summed E-state index contributed by atoms with van der Waals surface area (Å²) < 4.78 is 0. The molecular weight excluding hydrogens is 314 g/mol. The van der Waals surface area contributed by atoms with E-state index in [2.05, 4.69) is 10.2 Å². The minimum Gasteiger partial charge on any atom is -0.384 e. The van der Waals surface area contributed by atoms with E-state index in [4.69, 9.17) is 11.1 Å². The molecule has 3 aromatic rings. The van der Waals surface area contributed by atoms with E-state index in [0.717, 1.165) is 11.1 Å². The van der Waals surface area contributed by atoms with Crippen molar-refractivity contribution in [2.75, 3.05) is 0 Å². The number of carbonyl (C=O) groups is 1. The average molecular weight is 333 g/mol. The van der Waals surface area contributed by atoms with Gasteiger partial charge in [0.25, 0.3) is 5.91 Å². The summed E-state index contributed by atoms with van der Waals surface area (Å²) in [4.78, 5) is 14.6. The second-order valence-electron chi connectivity index (χ2n) is 5.74. The molecule has 0 bridgehead atoms. The molecule has 0 spiro atoms. The molecule has 6 heteroatoms. The first kappa shape index (κ1) is 16.4. The first-order valence-corrected chi connectivity index (χ1v) is 7.89. The predicted octanol–water partition coefficient (Wildman–Crippen LogP) is 2.54. The molecule has 1 heterocycles. The number of hydrogen-bond acceptors (Lipinski definition) is 3. The molecule has 2 aromatic carbocycles. The topological polar surface area (TPSA) is 98.9 Å². The molecule has 3 rings (SSSR count). The van der Waals surface area contributed by atoms with E-state index in [0.29, 0.717) is 24.2 Å². The fraction of sp³-hybridized carbons (Fsp3) is 0.105. The van der Waals surface area contributed by atoms with Crippen molar-refractivity contribution in [1.82, 2.24) is 15.1 Å². The number of aromatic nitrogens is 2. The largest absolute Gasteiger partial charge is 0.384 e. The molecule has 1 aromatic heterocycles. The van der Waals surface area contributed by atoms with Gasteiger partial charge in [-0.3, -0.25) is 15.3 Å². The Bertz CT molecular complexity index is 841. The lowest BCUT2D eigenvalue weighted by molar-refractivity contribution is 0.0730. The second-order valence-corrected chi connectivity index (χ2v) is 5.74. The predicted molar refractivity (Wildman–Crippen MR) is 96.1 cm³/mol. The van der Waals surface area contributed by atoms with Crippen LogP contribution in [-0.4, -0.2) is 26.8 Å². The fourth-order valence-electron chi connectivity index (χ4n) is 2.56. The van der Waals surface area contributed by atoms with Gasteiger partial charge in [0, 0.05) is 24.8 Å². The normalized spacial score (nSPS) is 10.4. The van der Waals surface area contributed by atoms with E-state index in [1.54, 1.807) is 23.2 Å². The van der Waals surface area contributed by atoms with E-state index >= 15 is 0 Å². The number of carbonyl (C=O) groups excluding carboxylic acids is 1. The number of hydrogen-bond donors (Lipinski definition) is 3. The van der Waals surface area contributed by atoms with Crippen molar-refractivity contribution >= 4 is 11.7 Å². The van der Waals surface area contributed by atoms with Gasteiger partial charge in [-0.05, 0) is 11.1 Å². The van der Waals surface area contributed by atoms with E-state index in [1.807, 2.05) is 42.5 Å².